The molecular weight excluding hydrogens is 308 g/mol. The van der Waals surface area contributed by atoms with Crippen molar-refractivity contribution in [1.82, 2.24) is 10.3 Å². The first kappa shape index (κ1) is 17.9. The van der Waals surface area contributed by atoms with Gasteiger partial charge in [0.25, 0.3) is 0 Å². The quantitative estimate of drug-likeness (QED) is 0.768. The first-order valence-electron chi connectivity index (χ1n) is 8.08. The minimum atomic E-state index is -0.216. The third-order valence-corrected chi connectivity index (χ3v) is 5.35. The number of hydrogen-bond donors (Lipinski definition) is 2. The summed E-state index contributed by atoms with van der Waals surface area (Å²) in [7, 11) is 1.67. The fraction of sp³-hybridized carbons (Fsp3) is 0.500. The maximum absolute atomic E-state index is 9.63. The van der Waals surface area contributed by atoms with Crippen LogP contribution in [0.2, 0.25) is 0 Å². The summed E-state index contributed by atoms with van der Waals surface area (Å²) in [4.78, 5) is 5.96. The van der Waals surface area contributed by atoms with Crippen LogP contribution in [0.25, 0.3) is 10.6 Å². The molecule has 1 aromatic heterocycles. The van der Waals surface area contributed by atoms with Crippen LogP contribution in [0.15, 0.2) is 24.3 Å². The maximum Gasteiger partial charge on any atom is 0.123 e. The third kappa shape index (κ3) is 4.77. The summed E-state index contributed by atoms with van der Waals surface area (Å²) in [5.74, 6) is 0.853. The molecule has 1 aromatic carbocycles. The van der Waals surface area contributed by atoms with Gasteiger partial charge in [-0.2, -0.15) is 0 Å². The van der Waals surface area contributed by atoms with E-state index in [-0.39, 0.29) is 12.1 Å². The van der Waals surface area contributed by atoms with E-state index >= 15 is 0 Å². The fourth-order valence-corrected chi connectivity index (χ4v) is 3.53. The van der Waals surface area contributed by atoms with E-state index in [0.717, 1.165) is 41.4 Å². The molecule has 2 N–H and O–H groups in total. The third-order valence-electron chi connectivity index (χ3n) is 3.96. The molecule has 0 spiro atoms. The second-order valence-corrected chi connectivity index (χ2v) is 6.75. The maximum atomic E-state index is 9.63. The van der Waals surface area contributed by atoms with Gasteiger partial charge in [0.2, 0.25) is 0 Å². The van der Waals surface area contributed by atoms with Crippen molar-refractivity contribution in [3.8, 4) is 16.3 Å². The normalized spacial score (nSPS) is 13.8. The predicted molar refractivity (Wildman–Crippen MR) is 96.2 cm³/mol. The molecular formula is C18H26N2O2S. The second kappa shape index (κ2) is 8.43. The zero-order chi connectivity index (χ0) is 16.8. The molecule has 4 nitrogen and oxygen atoms in total. The largest absolute Gasteiger partial charge is 0.497 e. The number of hydrogen-bond acceptors (Lipinski definition) is 5. The highest BCUT2D eigenvalue weighted by Gasteiger charge is 2.15. The van der Waals surface area contributed by atoms with Gasteiger partial charge in [-0.15, -0.1) is 11.3 Å². The topological polar surface area (TPSA) is 54.4 Å². The van der Waals surface area contributed by atoms with E-state index in [1.165, 1.54) is 4.88 Å². The number of methoxy groups -OCH3 is 1. The molecule has 126 valence electrons. The van der Waals surface area contributed by atoms with Crippen LogP contribution in [-0.4, -0.2) is 29.8 Å². The Balaban J connectivity index is 2.04. The summed E-state index contributed by atoms with van der Waals surface area (Å²) in [6, 6.07) is 8.23. The number of thiazole rings is 1. The molecule has 23 heavy (non-hydrogen) atoms. The van der Waals surface area contributed by atoms with Gasteiger partial charge in [0.1, 0.15) is 10.8 Å². The van der Waals surface area contributed by atoms with Crippen LogP contribution in [0, 0.1) is 6.92 Å². The molecule has 2 atom stereocenters. The molecule has 0 radical (unpaired) electrons. The summed E-state index contributed by atoms with van der Waals surface area (Å²) < 4.78 is 5.20. The Morgan fingerprint density at radius 2 is 2.00 bits per heavy atom. The van der Waals surface area contributed by atoms with Gasteiger partial charge in [-0.25, -0.2) is 4.98 Å². The van der Waals surface area contributed by atoms with E-state index in [9.17, 15) is 5.11 Å². The monoisotopic (exact) mass is 334 g/mol. The van der Waals surface area contributed by atoms with Gasteiger partial charge in [0.15, 0.2) is 0 Å². The van der Waals surface area contributed by atoms with Gasteiger partial charge in [-0.1, -0.05) is 6.92 Å². The molecule has 0 fully saturated rings. The lowest BCUT2D eigenvalue weighted by molar-refractivity contribution is 0.159. The minimum Gasteiger partial charge on any atom is -0.497 e. The SMILES string of the molecule is CCC(O)CCNC(C)c1sc(-c2ccc(OC)cc2)nc1C. The highest BCUT2D eigenvalue weighted by Crippen LogP contribution is 2.32. The van der Waals surface area contributed by atoms with Crippen LogP contribution < -0.4 is 10.1 Å². The zero-order valence-electron chi connectivity index (χ0n) is 14.3. The van der Waals surface area contributed by atoms with Crippen LogP contribution in [0.5, 0.6) is 5.75 Å². The number of rotatable bonds is 8. The predicted octanol–water partition coefficient (Wildman–Crippen LogP) is 3.94. The standard InChI is InChI=1S/C18H26N2O2S/c1-5-15(21)10-11-19-12(2)17-13(3)20-18(23-17)14-6-8-16(22-4)9-7-14/h6-9,12,15,19,21H,5,10-11H2,1-4H3. The summed E-state index contributed by atoms with van der Waals surface area (Å²) in [5, 5.41) is 14.1. The van der Waals surface area contributed by atoms with Crippen LogP contribution in [0.4, 0.5) is 0 Å². The summed E-state index contributed by atoms with van der Waals surface area (Å²) in [6.07, 6.45) is 1.37. The summed E-state index contributed by atoms with van der Waals surface area (Å²) >= 11 is 1.72. The lowest BCUT2D eigenvalue weighted by Gasteiger charge is -2.14. The Morgan fingerprint density at radius 3 is 2.61 bits per heavy atom. The van der Waals surface area contributed by atoms with E-state index in [1.807, 2.05) is 31.2 Å². The van der Waals surface area contributed by atoms with Crippen molar-refractivity contribution in [3.05, 3.63) is 34.8 Å². The number of aliphatic hydroxyl groups excluding tert-OH is 1. The molecule has 2 aromatic rings. The number of nitrogens with one attached hydrogen (secondary N) is 1. The molecule has 2 unspecified atom stereocenters. The fourth-order valence-electron chi connectivity index (χ4n) is 2.43. The average molecular weight is 334 g/mol. The number of nitrogens with zero attached hydrogens (tertiary/aromatic N) is 1. The Kier molecular flexibility index (Phi) is 6.57. The molecule has 2 rings (SSSR count). The highest BCUT2D eigenvalue weighted by atomic mass is 32.1. The van der Waals surface area contributed by atoms with Crippen molar-refractivity contribution in [1.29, 1.82) is 0 Å². The Morgan fingerprint density at radius 1 is 1.30 bits per heavy atom. The lowest BCUT2D eigenvalue weighted by atomic mass is 10.2. The van der Waals surface area contributed by atoms with Crippen molar-refractivity contribution < 1.29 is 9.84 Å². The first-order valence-corrected chi connectivity index (χ1v) is 8.90. The molecule has 0 bridgehead atoms. The van der Waals surface area contributed by atoms with Crippen molar-refractivity contribution in [2.75, 3.05) is 13.7 Å². The average Bonchev–Trinajstić information content (AvgIpc) is 2.96. The van der Waals surface area contributed by atoms with Crippen LogP contribution >= 0.6 is 11.3 Å². The number of benzene rings is 1. The van der Waals surface area contributed by atoms with Gasteiger partial charge in [-0.05, 0) is 57.5 Å². The number of aryl methyl sites for hydroxylation is 1. The van der Waals surface area contributed by atoms with E-state index in [1.54, 1.807) is 18.4 Å². The van der Waals surface area contributed by atoms with Crippen LogP contribution in [0.3, 0.4) is 0 Å². The summed E-state index contributed by atoms with van der Waals surface area (Å²) in [5.41, 5.74) is 2.18. The highest BCUT2D eigenvalue weighted by molar-refractivity contribution is 7.15. The van der Waals surface area contributed by atoms with Crippen LogP contribution in [0.1, 0.15) is 43.3 Å². The van der Waals surface area contributed by atoms with E-state index in [0.29, 0.717) is 0 Å². The van der Waals surface area contributed by atoms with E-state index in [2.05, 4.69) is 19.2 Å². The molecule has 0 saturated carbocycles. The minimum absolute atomic E-state index is 0.216. The molecule has 0 aliphatic heterocycles. The molecule has 0 amide bonds. The molecule has 1 heterocycles. The van der Waals surface area contributed by atoms with Crippen molar-refractivity contribution in [2.24, 2.45) is 0 Å². The van der Waals surface area contributed by atoms with Gasteiger partial charge in [-0.3, -0.25) is 0 Å². The molecule has 0 saturated heterocycles. The van der Waals surface area contributed by atoms with Gasteiger partial charge in [0, 0.05) is 16.5 Å². The number of ether oxygens (including phenoxy) is 1. The van der Waals surface area contributed by atoms with Crippen molar-refractivity contribution >= 4 is 11.3 Å². The van der Waals surface area contributed by atoms with E-state index in [4.69, 9.17) is 9.72 Å². The number of aromatic nitrogens is 1. The molecule has 5 heteroatoms. The zero-order valence-corrected chi connectivity index (χ0v) is 15.1. The second-order valence-electron chi connectivity index (χ2n) is 5.72. The van der Waals surface area contributed by atoms with E-state index < -0.39 is 0 Å². The lowest BCUT2D eigenvalue weighted by Crippen LogP contribution is -2.23. The van der Waals surface area contributed by atoms with Gasteiger partial charge in [0.05, 0.1) is 18.9 Å². The molecule has 0 aliphatic carbocycles. The van der Waals surface area contributed by atoms with Crippen molar-refractivity contribution in [3.63, 3.8) is 0 Å². The Hall–Kier alpha value is -1.43. The number of aliphatic hydroxyl groups is 1. The Bertz CT molecular complexity index is 610. The smallest absolute Gasteiger partial charge is 0.123 e. The first-order chi connectivity index (χ1) is 11.0. The van der Waals surface area contributed by atoms with Crippen LogP contribution in [-0.2, 0) is 0 Å². The Labute approximate surface area is 142 Å². The van der Waals surface area contributed by atoms with Gasteiger partial charge < -0.3 is 15.2 Å². The van der Waals surface area contributed by atoms with Gasteiger partial charge >= 0.3 is 0 Å². The van der Waals surface area contributed by atoms with Crippen molar-refractivity contribution in [2.45, 2.75) is 45.8 Å². The summed E-state index contributed by atoms with van der Waals surface area (Å²) in [6.45, 7) is 7.02. The molecule has 0 aliphatic rings.